The second kappa shape index (κ2) is 9.41. The fourth-order valence-electron chi connectivity index (χ4n) is 4.26. The third-order valence-electron chi connectivity index (χ3n) is 5.81. The Morgan fingerprint density at radius 3 is 2.50 bits per heavy atom. The molecule has 2 aromatic carbocycles. The summed E-state index contributed by atoms with van der Waals surface area (Å²) in [5.41, 5.74) is 1.84. The molecule has 1 amide bonds. The van der Waals surface area contributed by atoms with Crippen LogP contribution in [-0.4, -0.2) is 35.5 Å². The van der Waals surface area contributed by atoms with Crippen LogP contribution < -0.4 is 15.8 Å². The van der Waals surface area contributed by atoms with Crippen LogP contribution >= 0.6 is 11.6 Å². The highest BCUT2D eigenvalue weighted by molar-refractivity contribution is 6.27. The molecule has 1 aromatic heterocycles. The highest BCUT2D eigenvalue weighted by Crippen LogP contribution is 2.31. The Balaban J connectivity index is 1.73. The predicted molar refractivity (Wildman–Crippen MR) is 123 cm³/mol. The molecule has 1 N–H and O–H groups in total. The van der Waals surface area contributed by atoms with Crippen LogP contribution in [0.2, 0.25) is 0 Å². The summed E-state index contributed by atoms with van der Waals surface area (Å²) in [7, 11) is 0. The maximum absolute atomic E-state index is 13.4. The number of nitrogens with zero attached hydrogens (tertiary/aromatic N) is 3. The number of para-hydroxylation sites is 1. The van der Waals surface area contributed by atoms with Gasteiger partial charge in [-0.1, -0.05) is 30.3 Å². The van der Waals surface area contributed by atoms with Crippen molar-refractivity contribution in [3.05, 3.63) is 75.8 Å². The lowest BCUT2D eigenvalue weighted by Crippen LogP contribution is -2.45. The minimum atomic E-state index is -0.372. The summed E-state index contributed by atoms with van der Waals surface area (Å²) >= 11 is 5.58. The van der Waals surface area contributed by atoms with E-state index >= 15 is 0 Å². The number of anilines is 1. The average molecular weight is 453 g/mol. The molecule has 0 aliphatic carbocycles. The van der Waals surface area contributed by atoms with Crippen LogP contribution in [0, 0.1) is 17.1 Å². The van der Waals surface area contributed by atoms with Crippen LogP contribution in [0.3, 0.4) is 0 Å². The molecule has 0 bridgehead atoms. The smallest absolute Gasteiger partial charge is 0.271 e. The number of nitrogens with one attached hydrogen (secondary N) is 1. The van der Waals surface area contributed by atoms with Crippen LogP contribution in [0.25, 0.3) is 10.9 Å². The molecule has 8 heteroatoms. The minimum Gasteiger partial charge on any atom is -0.370 e. The van der Waals surface area contributed by atoms with Crippen molar-refractivity contribution in [3.8, 4) is 6.07 Å². The fourth-order valence-corrected chi connectivity index (χ4v) is 4.34. The van der Waals surface area contributed by atoms with Gasteiger partial charge < -0.3 is 14.8 Å². The van der Waals surface area contributed by atoms with E-state index in [-0.39, 0.29) is 41.3 Å². The molecule has 0 spiro atoms. The number of benzene rings is 2. The number of hydrogen-bond acceptors (Lipinski definition) is 4. The Morgan fingerprint density at radius 2 is 1.84 bits per heavy atom. The number of alkyl halides is 1. The number of carbonyl (C=O) groups is 1. The summed E-state index contributed by atoms with van der Waals surface area (Å²) in [6.07, 6.45) is 1.39. The lowest BCUT2D eigenvalue weighted by atomic mass is 10.0. The van der Waals surface area contributed by atoms with Gasteiger partial charge in [-0.05, 0) is 36.6 Å². The van der Waals surface area contributed by atoms with Crippen LogP contribution in [0.5, 0.6) is 0 Å². The molecule has 4 rings (SSSR count). The van der Waals surface area contributed by atoms with Crippen molar-refractivity contribution < 1.29 is 9.18 Å². The van der Waals surface area contributed by atoms with Crippen LogP contribution in [0.15, 0.2) is 53.3 Å². The van der Waals surface area contributed by atoms with Gasteiger partial charge in [0.1, 0.15) is 23.3 Å². The van der Waals surface area contributed by atoms with E-state index in [0.717, 1.165) is 10.9 Å². The van der Waals surface area contributed by atoms with Gasteiger partial charge in [-0.2, -0.15) is 5.26 Å². The first kappa shape index (κ1) is 21.8. The van der Waals surface area contributed by atoms with E-state index in [4.69, 9.17) is 11.6 Å². The van der Waals surface area contributed by atoms with Gasteiger partial charge in [-0.15, -0.1) is 11.6 Å². The monoisotopic (exact) mass is 452 g/mol. The van der Waals surface area contributed by atoms with Gasteiger partial charge in [0.15, 0.2) is 0 Å². The summed E-state index contributed by atoms with van der Waals surface area (Å²) in [6.45, 7) is 1.45. The molecule has 0 radical (unpaired) electrons. The Bertz CT molecular complexity index is 1240. The molecule has 164 valence electrons. The minimum absolute atomic E-state index is 0.0214. The van der Waals surface area contributed by atoms with Crippen molar-refractivity contribution in [1.29, 1.82) is 5.26 Å². The SMILES string of the molecule is N#Cc1c(N2CCC(NC(=O)CCl)CC2)c2ccccc2n(Cc2ccc(F)cc2)c1=O. The topological polar surface area (TPSA) is 78.1 Å². The van der Waals surface area contributed by atoms with Gasteiger partial charge in [0.25, 0.3) is 5.56 Å². The summed E-state index contributed by atoms with van der Waals surface area (Å²) in [5, 5.41) is 13.6. The van der Waals surface area contributed by atoms with Crippen molar-refractivity contribution in [2.24, 2.45) is 0 Å². The van der Waals surface area contributed by atoms with Crippen molar-refractivity contribution >= 4 is 34.1 Å². The lowest BCUT2D eigenvalue weighted by molar-refractivity contribution is -0.119. The second-order valence-corrected chi connectivity index (χ2v) is 8.10. The molecule has 1 saturated heterocycles. The number of hydrogen-bond donors (Lipinski definition) is 1. The predicted octanol–water partition coefficient (Wildman–Crippen LogP) is 3.38. The summed E-state index contributed by atoms with van der Waals surface area (Å²) in [6, 6.07) is 15.6. The maximum atomic E-state index is 13.4. The third-order valence-corrected chi connectivity index (χ3v) is 6.05. The van der Waals surface area contributed by atoms with Crippen LogP contribution in [-0.2, 0) is 11.3 Å². The van der Waals surface area contributed by atoms with E-state index in [2.05, 4.69) is 11.4 Å². The largest absolute Gasteiger partial charge is 0.370 e. The number of pyridine rings is 1. The first-order valence-corrected chi connectivity index (χ1v) is 11.0. The number of fused-ring (bicyclic) bond motifs is 1. The van der Waals surface area contributed by atoms with Gasteiger partial charge >= 0.3 is 0 Å². The first-order valence-electron chi connectivity index (χ1n) is 10.4. The molecule has 3 aromatic rings. The summed E-state index contributed by atoms with van der Waals surface area (Å²) in [4.78, 5) is 27.0. The zero-order chi connectivity index (χ0) is 22.7. The highest BCUT2D eigenvalue weighted by Gasteiger charge is 2.26. The first-order chi connectivity index (χ1) is 15.5. The number of carbonyl (C=O) groups excluding carboxylic acids is 1. The van der Waals surface area contributed by atoms with E-state index in [0.29, 0.717) is 37.1 Å². The van der Waals surface area contributed by atoms with Crippen molar-refractivity contribution in [1.82, 2.24) is 9.88 Å². The molecular formula is C24H22ClFN4O2. The average Bonchev–Trinajstić information content (AvgIpc) is 2.82. The Labute approximate surface area is 189 Å². The van der Waals surface area contributed by atoms with E-state index in [1.807, 2.05) is 29.2 Å². The van der Waals surface area contributed by atoms with Crippen LogP contribution in [0.1, 0.15) is 24.0 Å². The number of aromatic nitrogens is 1. The molecule has 0 atom stereocenters. The van der Waals surface area contributed by atoms with E-state index in [1.54, 1.807) is 16.7 Å². The fraction of sp³-hybridized carbons (Fsp3) is 0.292. The van der Waals surface area contributed by atoms with Crippen molar-refractivity contribution in [2.45, 2.75) is 25.4 Å². The summed E-state index contributed by atoms with van der Waals surface area (Å²) in [5.74, 6) is -0.614. The van der Waals surface area contributed by atoms with E-state index in [9.17, 15) is 19.2 Å². The molecule has 1 aliphatic rings. The number of amides is 1. The van der Waals surface area contributed by atoms with Gasteiger partial charge in [0.05, 0.1) is 17.7 Å². The molecule has 1 fully saturated rings. The standard InChI is InChI=1S/C24H22ClFN4O2/c25-13-22(31)28-18-9-11-29(12-10-18)23-19-3-1-2-4-21(19)30(24(32)20(23)14-27)15-16-5-7-17(26)8-6-16/h1-8,18H,9-13,15H2,(H,28,31). The van der Waals surface area contributed by atoms with Gasteiger partial charge in [-0.25, -0.2) is 4.39 Å². The number of halogens is 2. The van der Waals surface area contributed by atoms with Gasteiger partial charge in [-0.3, -0.25) is 9.59 Å². The molecular weight excluding hydrogens is 431 g/mol. The molecule has 0 unspecified atom stereocenters. The Kier molecular flexibility index (Phi) is 6.42. The normalized spacial score (nSPS) is 14.3. The van der Waals surface area contributed by atoms with E-state index < -0.39 is 0 Å². The van der Waals surface area contributed by atoms with Crippen molar-refractivity contribution in [2.75, 3.05) is 23.9 Å². The maximum Gasteiger partial charge on any atom is 0.271 e. The molecule has 32 heavy (non-hydrogen) atoms. The number of rotatable bonds is 5. The third kappa shape index (κ3) is 4.32. The molecule has 0 saturated carbocycles. The van der Waals surface area contributed by atoms with Gasteiger partial charge in [0.2, 0.25) is 5.91 Å². The van der Waals surface area contributed by atoms with Crippen molar-refractivity contribution in [3.63, 3.8) is 0 Å². The lowest BCUT2D eigenvalue weighted by Gasteiger charge is -2.35. The van der Waals surface area contributed by atoms with Gasteiger partial charge in [0, 0.05) is 24.5 Å². The molecule has 1 aliphatic heterocycles. The zero-order valence-corrected chi connectivity index (χ0v) is 18.1. The highest BCUT2D eigenvalue weighted by atomic mass is 35.5. The Hall–Kier alpha value is -3.37. The van der Waals surface area contributed by atoms with Crippen LogP contribution in [0.4, 0.5) is 10.1 Å². The zero-order valence-electron chi connectivity index (χ0n) is 17.4. The second-order valence-electron chi connectivity index (χ2n) is 7.83. The number of piperidine rings is 1. The number of nitriles is 1. The Morgan fingerprint density at radius 1 is 1.16 bits per heavy atom. The quantitative estimate of drug-likeness (QED) is 0.602. The summed E-state index contributed by atoms with van der Waals surface area (Å²) < 4.78 is 14.9. The molecule has 6 nitrogen and oxygen atoms in total. The van der Waals surface area contributed by atoms with E-state index in [1.165, 1.54) is 12.1 Å². The molecule has 2 heterocycles.